The van der Waals surface area contributed by atoms with Crippen molar-refractivity contribution in [2.24, 2.45) is 0 Å². The molecule has 1 saturated heterocycles. The van der Waals surface area contributed by atoms with Crippen molar-refractivity contribution in [1.82, 2.24) is 19.4 Å². The molecule has 5 rings (SSSR count). The van der Waals surface area contributed by atoms with Gasteiger partial charge in [-0.1, -0.05) is 24.3 Å². The molecule has 30 heavy (non-hydrogen) atoms. The Morgan fingerprint density at radius 2 is 1.73 bits per heavy atom. The molecule has 6 nitrogen and oxygen atoms in total. The second-order valence-electron chi connectivity index (χ2n) is 7.22. The smallest absolute Gasteiger partial charge is 0.315 e. The van der Waals surface area contributed by atoms with Gasteiger partial charge in [0.2, 0.25) is 0 Å². The summed E-state index contributed by atoms with van der Waals surface area (Å²) in [6.45, 7) is 1.70. The standard InChI is InChI=1S/C23H19N5O.ClH/c24-14-16-3-5-17(6-4-16)18-7-9-19(10-8-18)27-21-2-1-12-26-22(21)28(23(27)29)20-11-13-25-15-20;/h1-10,12,20,25H,11,13,15H2;1H/t20-;/m0./s1. The average molecular weight is 418 g/mol. The number of hydrogen-bond acceptors (Lipinski definition) is 4. The molecular weight excluding hydrogens is 398 g/mol. The van der Waals surface area contributed by atoms with Crippen molar-refractivity contribution in [2.75, 3.05) is 13.1 Å². The molecule has 1 aliphatic rings. The minimum atomic E-state index is -0.0569. The molecule has 1 atom stereocenters. The first-order chi connectivity index (χ1) is 14.3. The quantitative estimate of drug-likeness (QED) is 0.551. The van der Waals surface area contributed by atoms with Gasteiger partial charge in [-0.2, -0.15) is 5.26 Å². The average Bonchev–Trinajstić information content (AvgIpc) is 3.39. The van der Waals surface area contributed by atoms with Gasteiger partial charge in [0.05, 0.1) is 28.9 Å². The van der Waals surface area contributed by atoms with Gasteiger partial charge < -0.3 is 5.32 Å². The number of halogens is 1. The minimum absolute atomic E-state index is 0. The third-order valence-electron chi connectivity index (χ3n) is 5.50. The van der Waals surface area contributed by atoms with Crippen LogP contribution >= 0.6 is 12.4 Å². The van der Waals surface area contributed by atoms with E-state index in [9.17, 15) is 4.79 Å². The lowest BCUT2D eigenvalue weighted by atomic mass is 10.0. The fraction of sp³-hybridized carbons (Fsp3) is 0.174. The molecule has 150 valence electrons. The Labute approximate surface area is 179 Å². The van der Waals surface area contributed by atoms with E-state index in [0.29, 0.717) is 5.56 Å². The monoisotopic (exact) mass is 417 g/mol. The lowest BCUT2D eigenvalue weighted by Gasteiger charge is -2.09. The number of hydrogen-bond donors (Lipinski definition) is 1. The van der Waals surface area contributed by atoms with E-state index in [1.54, 1.807) is 10.8 Å². The highest BCUT2D eigenvalue weighted by atomic mass is 35.5. The summed E-state index contributed by atoms with van der Waals surface area (Å²) in [5.41, 5.74) is 5.00. The molecule has 0 unspecified atom stereocenters. The molecule has 7 heteroatoms. The fourth-order valence-corrected chi connectivity index (χ4v) is 4.03. The van der Waals surface area contributed by atoms with Crippen LogP contribution in [0.3, 0.4) is 0 Å². The van der Waals surface area contributed by atoms with E-state index in [1.807, 2.05) is 65.2 Å². The Morgan fingerprint density at radius 1 is 1.03 bits per heavy atom. The number of nitrogens with one attached hydrogen (secondary N) is 1. The van der Waals surface area contributed by atoms with E-state index in [4.69, 9.17) is 5.26 Å². The van der Waals surface area contributed by atoms with Crippen molar-refractivity contribution < 1.29 is 0 Å². The van der Waals surface area contributed by atoms with Gasteiger partial charge in [-0.25, -0.2) is 9.78 Å². The van der Waals surface area contributed by atoms with E-state index in [-0.39, 0.29) is 24.1 Å². The van der Waals surface area contributed by atoms with E-state index >= 15 is 0 Å². The first kappa shape index (κ1) is 19.9. The van der Waals surface area contributed by atoms with Crippen LogP contribution in [0.25, 0.3) is 28.0 Å². The van der Waals surface area contributed by atoms with Gasteiger partial charge >= 0.3 is 5.69 Å². The summed E-state index contributed by atoms with van der Waals surface area (Å²) in [6, 6.07) is 21.5. The van der Waals surface area contributed by atoms with Crippen molar-refractivity contribution in [1.29, 1.82) is 5.26 Å². The van der Waals surface area contributed by atoms with Gasteiger partial charge in [0.15, 0.2) is 5.65 Å². The minimum Gasteiger partial charge on any atom is -0.315 e. The van der Waals surface area contributed by atoms with E-state index in [0.717, 1.165) is 47.5 Å². The first-order valence-electron chi connectivity index (χ1n) is 9.66. The van der Waals surface area contributed by atoms with Crippen LogP contribution in [0.4, 0.5) is 0 Å². The van der Waals surface area contributed by atoms with E-state index in [2.05, 4.69) is 16.4 Å². The van der Waals surface area contributed by atoms with Crippen LogP contribution in [0.2, 0.25) is 0 Å². The molecule has 0 aliphatic carbocycles. The molecule has 0 spiro atoms. The third kappa shape index (κ3) is 3.28. The van der Waals surface area contributed by atoms with Gasteiger partial charge in [-0.05, 0) is 60.5 Å². The van der Waals surface area contributed by atoms with Crippen molar-refractivity contribution in [2.45, 2.75) is 12.5 Å². The highest BCUT2D eigenvalue weighted by Crippen LogP contribution is 2.25. The molecule has 4 aromatic rings. The van der Waals surface area contributed by atoms with Crippen LogP contribution in [0, 0.1) is 11.3 Å². The summed E-state index contributed by atoms with van der Waals surface area (Å²) in [7, 11) is 0. The van der Waals surface area contributed by atoms with Crippen LogP contribution in [-0.2, 0) is 0 Å². The lowest BCUT2D eigenvalue weighted by Crippen LogP contribution is -2.28. The number of imidazole rings is 1. The summed E-state index contributed by atoms with van der Waals surface area (Å²) in [6.07, 6.45) is 2.66. The van der Waals surface area contributed by atoms with Crippen molar-refractivity contribution in [3.63, 3.8) is 0 Å². The van der Waals surface area contributed by atoms with Gasteiger partial charge in [0, 0.05) is 12.7 Å². The molecule has 2 aromatic carbocycles. The van der Waals surface area contributed by atoms with Crippen LogP contribution in [0.1, 0.15) is 18.0 Å². The van der Waals surface area contributed by atoms with Crippen LogP contribution in [-0.4, -0.2) is 27.2 Å². The largest absolute Gasteiger partial charge is 0.335 e. The van der Waals surface area contributed by atoms with Crippen molar-refractivity contribution in [3.05, 3.63) is 82.9 Å². The highest BCUT2D eigenvalue weighted by molar-refractivity contribution is 5.85. The predicted molar refractivity (Wildman–Crippen MR) is 119 cm³/mol. The Bertz CT molecular complexity index is 1280. The summed E-state index contributed by atoms with van der Waals surface area (Å²) in [5, 5.41) is 12.3. The number of fused-ring (bicyclic) bond motifs is 1. The third-order valence-corrected chi connectivity index (χ3v) is 5.50. The van der Waals surface area contributed by atoms with Crippen molar-refractivity contribution in [3.8, 4) is 22.9 Å². The molecule has 1 N–H and O–H groups in total. The zero-order valence-corrected chi connectivity index (χ0v) is 17.0. The van der Waals surface area contributed by atoms with E-state index in [1.165, 1.54) is 0 Å². The molecule has 1 fully saturated rings. The molecule has 1 aliphatic heterocycles. The Balaban J connectivity index is 0.00000218. The number of aromatic nitrogens is 3. The number of rotatable bonds is 3. The van der Waals surface area contributed by atoms with Crippen LogP contribution in [0.5, 0.6) is 0 Å². The maximum absolute atomic E-state index is 13.3. The molecule has 0 bridgehead atoms. The van der Waals surface area contributed by atoms with Crippen molar-refractivity contribution >= 4 is 23.6 Å². The Hall–Kier alpha value is -3.40. The fourth-order valence-electron chi connectivity index (χ4n) is 4.03. The SMILES string of the molecule is Cl.N#Cc1ccc(-c2ccc(-n3c(=O)n([C@H]4CCNC4)c4ncccc43)cc2)cc1. The lowest BCUT2D eigenvalue weighted by molar-refractivity contribution is 0.537. The maximum atomic E-state index is 13.3. The Morgan fingerprint density at radius 3 is 2.37 bits per heavy atom. The number of pyridine rings is 1. The topological polar surface area (TPSA) is 75.6 Å². The molecule has 0 radical (unpaired) electrons. The van der Waals surface area contributed by atoms with Gasteiger partial charge in [0.1, 0.15) is 0 Å². The molecule has 3 heterocycles. The zero-order chi connectivity index (χ0) is 19.8. The number of nitrogens with zero attached hydrogens (tertiary/aromatic N) is 4. The molecular formula is C23H20ClN5O. The summed E-state index contributed by atoms with van der Waals surface area (Å²) in [5.74, 6) is 0. The summed E-state index contributed by atoms with van der Waals surface area (Å²) >= 11 is 0. The number of benzene rings is 2. The van der Waals surface area contributed by atoms with Crippen LogP contribution < -0.4 is 11.0 Å². The van der Waals surface area contributed by atoms with Gasteiger partial charge in [-0.3, -0.25) is 9.13 Å². The van der Waals surface area contributed by atoms with E-state index < -0.39 is 0 Å². The maximum Gasteiger partial charge on any atom is 0.335 e. The summed E-state index contributed by atoms with van der Waals surface area (Å²) in [4.78, 5) is 17.8. The molecule has 2 aromatic heterocycles. The van der Waals surface area contributed by atoms with Gasteiger partial charge in [-0.15, -0.1) is 12.4 Å². The summed E-state index contributed by atoms with van der Waals surface area (Å²) < 4.78 is 3.56. The zero-order valence-electron chi connectivity index (χ0n) is 16.2. The first-order valence-corrected chi connectivity index (χ1v) is 9.66. The predicted octanol–water partition coefficient (Wildman–Crippen LogP) is 3.68. The highest BCUT2D eigenvalue weighted by Gasteiger charge is 2.24. The number of nitriles is 1. The second-order valence-corrected chi connectivity index (χ2v) is 7.22. The normalized spacial score (nSPS) is 15.6. The van der Waals surface area contributed by atoms with Crippen LogP contribution in [0.15, 0.2) is 71.7 Å². The molecule has 0 saturated carbocycles. The second kappa shape index (κ2) is 8.15. The molecule has 0 amide bonds. The Kier molecular flexibility index (Phi) is 5.40. The van der Waals surface area contributed by atoms with Gasteiger partial charge in [0.25, 0.3) is 0 Å².